The van der Waals surface area contributed by atoms with Crippen molar-refractivity contribution in [2.45, 2.75) is 12.5 Å². The van der Waals surface area contributed by atoms with E-state index in [1.54, 1.807) is 0 Å². The molecule has 0 bridgehead atoms. The number of rotatable bonds is 1. The van der Waals surface area contributed by atoms with E-state index in [2.05, 4.69) is 63.7 Å². The standard InChI is InChI=1S/C8H3Br4F3O2S/c9-5-2-1-4(7(10,11)12)3-6(5)18(16,17)8(13,14)15/h1-3H. The van der Waals surface area contributed by atoms with Gasteiger partial charge in [0.15, 0.2) is 2.14 Å². The lowest BCUT2D eigenvalue weighted by molar-refractivity contribution is -0.0436. The van der Waals surface area contributed by atoms with E-state index in [9.17, 15) is 21.6 Å². The second-order valence-corrected chi connectivity index (χ2v) is 12.6. The molecule has 1 rings (SSSR count). The van der Waals surface area contributed by atoms with Crippen LogP contribution in [0, 0.1) is 0 Å². The minimum Gasteiger partial charge on any atom is -0.214 e. The number of alkyl halides is 6. The molecule has 0 aliphatic rings. The number of hydrogen-bond acceptors (Lipinski definition) is 2. The largest absolute Gasteiger partial charge is 0.501 e. The van der Waals surface area contributed by atoms with Gasteiger partial charge in [0.1, 0.15) is 0 Å². The molecule has 0 atom stereocenters. The summed E-state index contributed by atoms with van der Waals surface area (Å²) in [6.45, 7) is 0. The molecule has 0 fully saturated rings. The third-order valence-corrected chi connectivity index (χ3v) is 5.71. The van der Waals surface area contributed by atoms with E-state index in [1.807, 2.05) is 0 Å². The van der Waals surface area contributed by atoms with Crippen molar-refractivity contribution >= 4 is 73.6 Å². The Labute approximate surface area is 135 Å². The maximum atomic E-state index is 12.5. The molecular weight excluding hydrogens is 537 g/mol. The Bertz CT molecular complexity index is 563. The second kappa shape index (κ2) is 5.34. The van der Waals surface area contributed by atoms with Gasteiger partial charge in [-0.3, -0.25) is 0 Å². The molecule has 0 aliphatic carbocycles. The molecule has 0 aliphatic heterocycles. The molecule has 18 heavy (non-hydrogen) atoms. The van der Waals surface area contributed by atoms with Gasteiger partial charge in [-0.1, -0.05) is 53.9 Å². The van der Waals surface area contributed by atoms with Crippen LogP contribution in [-0.2, 0) is 12.0 Å². The fraction of sp³-hybridized carbons (Fsp3) is 0.250. The highest BCUT2D eigenvalue weighted by molar-refractivity contribution is 9.38. The molecule has 1 aromatic carbocycles. The minimum absolute atomic E-state index is 0.152. The van der Waals surface area contributed by atoms with Crippen molar-refractivity contribution < 1.29 is 21.6 Å². The van der Waals surface area contributed by atoms with Crippen LogP contribution in [0.2, 0.25) is 0 Å². The number of sulfone groups is 1. The first-order chi connectivity index (χ1) is 7.87. The number of benzene rings is 1. The van der Waals surface area contributed by atoms with Crippen LogP contribution in [0.3, 0.4) is 0 Å². The normalized spacial score (nSPS) is 13.7. The van der Waals surface area contributed by atoms with Crippen LogP contribution >= 0.6 is 63.7 Å². The highest BCUT2D eigenvalue weighted by atomic mass is 80.0. The first kappa shape index (κ1) is 16.9. The zero-order valence-electron chi connectivity index (χ0n) is 8.10. The van der Waals surface area contributed by atoms with Gasteiger partial charge in [0.2, 0.25) is 0 Å². The Hall–Kier alpha value is 0.880. The molecule has 0 saturated carbocycles. The fourth-order valence-corrected chi connectivity index (χ4v) is 3.49. The number of halogens is 7. The van der Waals surface area contributed by atoms with Crippen molar-refractivity contribution in [1.82, 2.24) is 0 Å². The van der Waals surface area contributed by atoms with E-state index in [1.165, 1.54) is 12.1 Å². The van der Waals surface area contributed by atoms with Gasteiger partial charge in [-0.15, -0.1) is 0 Å². The summed E-state index contributed by atoms with van der Waals surface area (Å²) < 4.78 is 59.0. The first-order valence-electron chi connectivity index (χ1n) is 4.05. The SMILES string of the molecule is O=S(=O)(c1cc(C(Br)(Br)Br)ccc1Br)C(F)(F)F. The Morgan fingerprint density at radius 2 is 1.56 bits per heavy atom. The summed E-state index contributed by atoms with van der Waals surface area (Å²) in [7, 11) is -5.40. The Morgan fingerprint density at radius 3 is 1.94 bits per heavy atom. The molecule has 0 aromatic heterocycles. The van der Waals surface area contributed by atoms with Gasteiger partial charge in [-0.05, 0) is 33.6 Å². The predicted octanol–water partition coefficient (Wildman–Crippen LogP) is 5.04. The molecule has 102 valence electrons. The molecule has 0 saturated heterocycles. The Kier molecular flexibility index (Phi) is 5.03. The highest BCUT2D eigenvalue weighted by Crippen LogP contribution is 2.46. The van der Waals surface area contributed by atoms with E-state index in [0.29, 0.717) is 0 Å². The zero-order chi connectivity index (χ0) is 14.4. The zero-order valence-corrected chi connectivity index (χ0v) is 15.3. The maximum absolute atomic E-state index is 12.5. The molecule has 10 heteroatoms. The van der Waals surface area contributed by atoms with E-state index in [-0.39, 0.29) is 10.0 Å². The lowest BCUT2D eigenvalue weighted by Crippen LogP contribution is -2.24. The topological polar surface area (TPSA) is 34.1 Å². The summed E-state index contributed by atoms with van der Waals surface area (Å²) in [5, 5.41) is 0. The van der Waals surface area contributed by atoms with Crippen molar-refractivity contribution in [3.05, 3.63) is 28.2 Å². The van der Waals surface area contributed by atoms with Gasteiger partial charge in [0.25, 0.3) is 9.84 Å². The van der Waals surface area contributed by atoms with Gasteiger partial charge in [-0.25, -0.2) is 8.42 Å². The molecule has 0 spiro atoms. The summed E-state index contributed by atoms with van der Waals surface area (Å²) in [4.78, 5) is -0.838. The molecule has 0 radical (unpaired) electrons. The Balaban J connectivity index is 3.53. The Morgan fingerprint density at radius 1 is 1.06 bits per heavy atom. The molecule has 0 amide bonds. The highest BCUT2D eigenvalue weighted by Gasteiger charge is 2.48. The molecule has 0 heterocycles. The summed E-state index contributed by atoms with van der Waals surface area (Å²) in [6, 6.07) is 3.61. The molecule has 1 aromatic rings. The summed E-state index contributed by atoms with van der Waals surface area (Å²) in [5.41, 5.74) is -5.07. The van der Waals surface area contributed by atoms with Crippen molar-refractivity contribution in [2.24, 2.45) is 0 Å². The average Bonchev–Trinajstić information content (AvgIpc) is 2.14. The minimum atomic E-state index is -5.40. The van der Waals surface area contributed by atoms with Crippen LogP contribution in [0.15, 0.2) is 27.6 Å². The van der Waals surface area contributed by atoms with Crippen molar-refractivity contribution in [3.63, 3.8) is 0 Å². The van der Waals surface area contributed by atoms with E-state index in [4.69, 9.17) is 0 Å². The van der Waals surface area contributed by atoms with Crippen LogP contribution in [0.4, 0.5) is 13.2 Å². The maximum Gasteiger partial charge on any atom is 0.501 e. The molecular formula is C8H3Br4F3O2S. The van der Waals surface area contributed by atoms with Crippen LogP contribution in [0.25, 0.3) is 0 Å². The summed E-state index contributed by atoms with van der Waals surface area (Å²) in [5.74, 6) is 0. The van der Waals surface area contributed by atoms with Crippen molar-refractivity contribution in [2.75, 3.05) is 0 Å². The van der Waals surface area contributed by atoms with Gasteiger partial charge in [0.05, 0.1) is 4.90 Å². The van der Waals surface area contributed by atoms with Crippen molar-refractivity contribution in [1.29, 1.82) is 0 Å². The number of hydrogen-bond donors (Lipinski definition) is 0. The predicted molar refractivity (Wildman–Crippen MR) is 75.8 cm³/mol. The van der Waals surface area contributed by atoms with Gasteiger partial charge >= 0.3 is 5.51 Å². The van der Waals surface area contributed by atoms with Crippen LogP contribution in [-0.4, -0.2) is 13.9 Å². The van der Waals surface area contributed by atoms with Gasteiger partial charge in [0, 0.05) is 4.47 Å². The molecule has 0 unspecified atom stereocenters. The van der Waals surface area contributed by atoms with Crippen molar-refractivity contribution in [3.8, 4) is 0 Å². The lowest BCUT2D eigenvalue weighted by atomic mass is 10.2. The monoisotopic (exact) mass is 536 g/mol. The third kappa shape index (κ3) is 3.50. The van der Waals surface area contributed by atoms with Crippen LogP contribution in [0.5, 0.6) is 0 Å². The third-order valence-electron chi connectivity index (χ3n) is 1.85. The van der Waals surface area contributed by atoms with E-state index < -0.39 is 22.4 Å². The summed E-state index contributed by atoms with van der Waals surface area (Å²) >= 11 is 12.1. The first-order valence-corrected chi connectivity index (χ1v) is 8.71. The van der Waals surface area contributed by atoms with E-state index >= 15 is 0 Å². The molecule has 0 N–H and O–H groups in total. The smallest absolute Gasteiger partial charge is 0.214 e. The molecule has 2 nitrogen and oxygen atoms in total. The quantitative estimate of drug-likeness (QED) is 0.469. The lowest BCUT2D eigenvalue weighted by Gasteiger charge is -2.16. The van der Waals surface area contributed by atoms with Crippen LogP contribution < -0.4 is 0 Å². The average molecular weight is 540 g/mol. The van der Waals surface area contributed by atoms with Gasteiger partial charge in [-0.2, -0.15) is 13.2 Å². The fourth-order valence-electron chi connectivity index (χ4n) is 1.01. The summed E-state index contributed by atoms with van der Waals surface area (Å²) in [6.07, 6.45) is 0. The van der Waals surface area contributed by atoms with Crippen LogP contribution in [0.1, 0.15) is 5.56 Å². The second-order valence-electron chi connectivity index (χ2n) is 3.09. The van der Waals surface area contributed by atoms with Gasteiger partial charge < -0.3 is 0 Å². The van der Waals surface area contributed by atoms with E-state index in [0.717, 1.165) is 6.07 Å².